The molecule has 0 bridgehead atoms. The molecule has 2 rings (SSSR count). The van der Waals surface area contributed by atoms with Crippen molar-refractivity contribution < 1.29 is 14.7 Å². The van der Waals surface area contributed by atoms with E-state index in [9.17, 15) is 14.7 Å². The van der Waals surface area contributed by atoms with E-state index in [-0.39, 0.29) is 30.4 Å². The standard InChI is InChI=1S/C16H28N2O3/c1-2-5-15(20)17-10-7-13(8-11-17)16(21)18-9-4-3-6-14(18)12-19/h13-14,19H,2-12H2,1H3. The Morgan fingerprint density at radius 1 is 1.10 bits per heavy atom. The molecule has 1 unspecified atom stereocenters. The Bertz CT molecular complexity index is 365. The monoisotopic (exact) mass is 296 g/mol. The van der Waals surface area contributed by atoms with E-state index in [1.54, 1.807) is 0 Å². The summed E-state index contributed by atoms with van der Waals surface area (Å²) >= 11 is 0. The maximum atomic E-state index is 12.6. The van der Waals surface area contributed by atoms with E-state index in [1.165, 1.54) is 0 Å². The Morgan fingerprint density at radius 2 is 1.81 bits per heavy atom. The number of aliphatic hydroxyl groups excluding tert-OH is 1. The van der Waals surface area contributed by atoms with Gasteiger partial charge in [0.25, 0.3) is 0 Å². The largest absolute Gasteiger partial charge is 0.394 e. The second-order valence-electron chi connectivity index (χ2n) is 6.27. The number of amides is 2. The molecule has 0 saturated carbocycles. The van der Waals surface area contributed by atoms with E-state index in [1.807, 2.05) is 16.7 Å². The van der Waals surface area contributed by atoms with Gasteiger partial charge in [-0.05, 0) is 38.5 Å². The lowest BCUT2D eigenvalue weighted by Crippen LogP contribution is -2.50. The van der Waals surface area contributed by atoms with Crippen LogP contribution in [0.4, 0.5) is 0 Å². The van der Waals surface area contributed by atoms with Crippen LogP contribution in [0.3, 0.4) is 0 Å². The third kappa shape index (κ3) is 3.96. The van der Waals surface area contributed by atoms with E-state index >= 15 is 0 Å². The van der Waals surface area contributed by atoms with Crippen molar-refractivity contribution in [2.45, 2.75) is 57.9 Å². The number of carbonyl (C=O) groups is 2. The molecule has 2 saturated heterocycles. The van der Waals surface area contributed by atoms with E-state index in [2.05, 4.69) is 0 Å². The second-order valence-corrected chi connectivity index (χ2v) is 6.27. The van der Waals surface area contributed by atoms with Gasteiger partial charge in [0.05, 0.1) is 12.6 Å². The van der Waals surface area contributed by atoms with Gasteiger partial charge in [0.2, 0.25) is 11.8 Å². The molecule has 0 radical (unpaired) electrons. The van der Waals surface area contributed by atoms with Crippen LogP contribution in [0.25, 0.3) is 0 Å². The van der Waals surface area contributed by atoms with E-state index in [4.69, 9.17) is 0 Å². The first-order valence-corrected chi connectivity index (χ1v) is 8.36. The van der Waals surface area contributed by atoms with E-state index in [0.717, 1.165) is 45.1 Å². The van der Waals surface area contributed by atoms with Crippen molar-refractivity contribution in [1.82, 2.24) is 9.80 Å². The minimum atomic E-state index is 0.00556. The third-order valence-corrected chi connectivity index (χ3v) is 4.78. The first-order valence-electron chi connectivity index (χ1n) is 8.36. The normalized spacial score (nSPS) is 24.2. The highest BCUT2D eigenvalue weighted by Gasteiger charge is 2.33. The van der Waals surface area contributed by atoms with Crippen molar-refractivity contribution >= 4 is 11.8 Å². The van der Waals surface area contributed by atoms with Gasteiger partial charge in [0, 0.05) is 32.0 Å². The lowest BCUT2D eigenvalue weighted by molar-refractivity contribution is -0.144. The zero-order valence-electron chi connectivity index (χ0n) is 13.1. The summed E-state index contributed by atoms with van der Waals surface area (Å²) in [6.45, 7) is 4.26. The quantitative estimate of drug-likeness (QED) is 0.853. The number of hydrogen-bond donors (Lipinski definition) is 1. The summed E-state index contributed by atoms with van der Waals surface area (Å²) in [6, 6.07) is 0.00556. The highest BCUT2D eigenvalue weighted by Crippen LogP contribution is 2.25. The number of carbonyl (C=O) groups excluding carboxylic acids is 2. The number of likely N-dealkylation sites (tertiary alicyclic amines) is 2. The first-order chi connectivity index (χ1) is 10.2. The van der Waals surface area contributed by atoms with Crippen molar-refractivity contribution in [2.24, 2.45) is 5.92 Å². The minimum absolute atomic E-state index is 0.00556. The second kappa shape index (κ2) is 7.78. The summed E-state index contributed by atoms with van der Waals surface area (Å²) < 4.78 is 0. The maximum absolute atomic E-state index is 12.6. The Morgan fingerprint density at radius 3 is 2.43 bits per heavy atom. The number of rotatable bonds is 4. The number of nitrogens with zero attached hydrogens (tertiary/aromatic N) is 2. The molecule has 2 fully saturated rings. The Labute approximate surface area is 127 Å². The number of piperidine rings is 2. The molecule has 2 amide bonds. The molecule has 0 aromatic rings. The van der Waals surface area contributed by atoms with Gasteiger partial charge < -0.3 is 14.9 Å². The highest BCUT2D eigenvalue weighted by molar-refractivity contribution is 5.80. The predicted octanol–water partition coefficient (Wildman–Crippen LogP) is 1.40. The summed E-state index contributed by atoms with van der Waals surface area (Å²) in [5, 5.41) is 9.44. The molecule has 0 spiro atoms. The fraction of sp³-hybridized carbons (Fsp3) is 0.875. The molecule has 0 aromatic carbocycles. The molecule has 21 heavy (non-hydrogen) atoms. The van der Waals surface area contributed by atoms with Crippen molar-refractivity contribution in [3.05, 3.63) is 0 Å². The highest BCUT2D eigenvalue weighted by atomic mass is 16.3. The summed E-state index contributed by atoms with van der Waals surface area (Å²) in [6.07, 6.45) is 6.07. The zero-order chi connectivity index (χ0) is 15.2. The molecule has 0 aliphatic carbocycles. The van der Waals surface area contributed by atoms with Crippen molar-refractivity contribution in [3.63, 3.8) is 0 Å². The predicted molar refractivity (Wildman–Crippen MR) is 80.6 cm³/mol. The molecule has 2 aliphatic heterocycles. The van der Waals surface area contributed by atoms with Gasteiger partial charge in [-0.25, -0.2) is 0 Å². The van der Waals surface area contributed by atoms with Crippen LogP contribution >= 0.6 is 0 Å². The van der Waals surface area contributed by atoms with Crippen LogP contribution < -0.4 is 0 Å². The van der Waals surface area contributed by atoms with E-state index < -0.39 is 0 Å². The van der Waals surface area contributed by atoms with Crippen LogP contribution in [0.2, 0.25) is 0 Å². The van der Waals surface area contributed by atoms with Crippen LogP contribution in [0, 0.1) is 5.92 Å². The number of aliphatic hydroxyl groups is 1. The maximum Gasteiger partial charge on any atom is 0.226 e. The zero-order valence-corrected chi connectivity index (χ0v) is 13.1. The molecule has 120 valence electrons. The molecule has 2 heterocycles. The molecule has 5 nitrogen and oxygen atoms in total. The van der Waals surface area contributed by atoms with Crippen LogP contribution in [0.1, 0.15) is 51.9 Å². The summed E-state index contributed by atoms with van der Waals surface area (Å²) in [5.74, 6) is 0.439. The Balaban J connectivity index is 1.86. The molecular weight excluding hydrogens is 268 g/mol. The van der Waals surface area contributed by atoms with Crippen LogP contribution in [0.5, 0.6) is 0 Å². The molecule has 5 heteroatoms. The Kier molecular flexibility index (Phi) is 6.03. The van der Waals surface area contributed by atoms with Gasteiger partial charge in [-0.3, -0.25) is 9.59 Å². The van der Waals surface area contributed by atoms with Crippen LogP contribution in [-0.2, 0) is 9.59 Å². The lowest BCUT2D eigenvalue weighted by Gasteiger charge is -2.39. The topological polar surface area (TPSA) is 60.9 Å². The third-order valence-electron chi connectivity index (χ3n) is 4.78. The smallest absolute Gasteiger partial charge is 0.226 e. The first kappa shape index (κ1) is 16.3. The summed E-state index contributed by atoms with van der Waals surface area (Å²) in [7, 11) is 0. The molecule has 0 aromatic heterocycles. The van der Waals surface area contributed by atoms with Crippen molar-refractivity contribution in [2.75, 3.05) is 26.2 Å². The van der Waals surface area contributed by atoms with Gasteiger partial charge in [-0.15, -0.1) is 0 Å². The van der Waals surface area contributed by atoms with Gasteiger partial charge in [0.15, 0.2) is 0 Å². The van der Waals surface area contributed by atoms with Crippen LogP contribution in [-0.4, -0.2) is 59.0 Å². The molecular formula is C16H28N2O3. The summed E-state index contributed by atoms with van der Waals surface area (Å²) in [5.41, 5.74) is 0. The Hall–Kier alpha value is -1.10. The van der Waals surface area contributed by atoms with Gasteiger partial charge in [-0.1, -0.05) is 6.92 Å². The van der Waals surface area contributed by atoms with E-state index in [0.29, 0.717) is 19.5 Å². The fourth-order valence-corrected chi connectivity index (χ4v) is 3.46. The average Bonchev–Trinajstić information content (AvgIpc) is 2.54. The van der Waals surface area contributed by atoms with Gasteiger partial charge in [0.1, 0.15) is 0 Å². The molecule has 1 atom stereocenters. The SMILES string of the molecule is CCCC(=O)N1CCC(C(=O)N2CCCCC2CO)CC1. The number of hydrogen-bond acceptors (Lipinski definition) is 3. The molecule has 1 N–H and O–H groups in total. The van der Waals surface area contributed by atoms with Crippen LogP contribution in [0.15, 0.2) is 0 Å². The summed E-state index contributed by atoms with van der Waals surface area (Å²) in [4.78, 5) is 28.3. The fourth-order valence-electron chi connectivity index (χ4n) is 3.46. The van der Waals surface area contributed by atoms with Gasteiger partial charge >= 0.3 is 0 Å². The minimum Gasteiger partial charge on any atom is -0.394 e. The van der Waals surface area contributed by atoms with Gasteiger partial charge in [-0.2, -0.15) is 0 Å². The van der Waals surface area contributed by atoms with Crippen molar-refractivity contribution in [3.8, 4) is 0 Å². The van der Waals surface area contributed by atoms with Crippen molar-refractivity contribution in [1.29, 1.82) is 0 Å². The molecule has 2 aliphatic rings. The average molecular weight is 296 g/mol. The lowest BCUT2D eigenvalue weighted by atomic mass is 9.92.